The first-order valence-corrected chi connectivity index (χ1v) is 8.52. The van der Waals surface area contributed by atoms with Gasteiger partial charge in [0.05, 0.1) is 20.6 Å². The Labute approximate surface area is 163 Å². The van der Waals surface area contributed by atoms with Crippen LogP contribution in [0.1, 0.15) is 16.7 Å². The van der Waals surface area contributed by atoms with Gasteiger partial charge in [-0.1, -0.05) is 46.9 Å². The normalized spacial score (nSPS) is 11.3. The van der Waals surface area contributed by atoms with E-state index in [2.05, 4.69) is 10.6 Å². The van der Waals surface area contributed by atoms with Gasteiger partial charge < -0.3 is 10.6 Å². The van der Waals surface area contributed by atoms with Crippen LogP contribution in [0.2, 0.25) is 15.1 Å². The lowest BCUT2D eigenvalue weighted by Gasteiger charge is -2.13. The monoisotopic (exact) mass is 426 g/mol. The summed E-state index contributed by atoms with van der Waals surface area (Å²) >= 11 is 22.5. The second-order valence-corrected chi connectivity index (χ2v) is 6.73. The molecule has 0 saturated carbocycles. The number of nitrogens with one attached hydrogen (secondary N) is 2. The molecule has 2 N–H and O–H groups in total. The molecule has 0 aromatic heterocycles. The lowest BCUT2D eigenvalue weighted by atomic mass is 10.1. The maximum Gasteiger partial charge on any atom is 0.417 e. The molecular weight excluding hydrogens is 416 g/mol. The Morgan fingerprint density at radius 3 is 1.88 bits per heavy atom. The molecular formula is C16H12Cl3F3N2S. The van der Waals surface area contributed by atoms with Crippen molar-refractivity contribution in [2.24, 2.45) is 0 Å². The van der Waals surface area contributed by atoms with Crippen molar-refractivity contribution in [1.29, 1.82) is 0 Å². The maximum atomic E-state index is 12.8. The van der Waals surface area contributed by atoms with Gasteiger partial charge in [0.25, 0.3) is 0 Å². The van der Waals surface area contributed by atoms with Crippen LogP contribution in [0.4, 0.5) is 13.2 Å². The standard InChI is InChI=1S/C16H12Cl3F3N2S/c17-12-3-1-9(5-11(12)16(20,21)22)7-23-15(25)24-8-10-2-4-13(18)14(19)6-10/h1-6H,7-8H2,(H2,23,24,25). The Balaban J connectivity index is 1.90. The topological polar surface area (TPSA) is 24.1 Å². The minimum Gasteiger partial charge on any atom is -0.359 e. The molecule has 0 radical (unpaired) electrons. The first-order chi connectivity index (χ1) is 11.7. The van der Waals surface area contributed by atoms with Crippen LogP contribution in [-0.2, 0) is 19.3 Å². The van der Waals surface area contributed by atoms with Crippen LogP contribution in [0.3, 0.4) is 0 Å². The smallest absolute Gasteiger partial charge is 0.359 e. The molecule has 0 bridgehead atoms. The second-order valence-electron chi connectivity index (χ2n) is 5.10. The molecule has 0 aliphatic rings. The van der Waals surface area contributed by atoms with Gasteiger partial charge in [0.2, 0.25) is 0 Å². The molecule has 9 heteroatoms. The van der Waals surface area contributed by atoms with Crippen molar-refractivity contribution < 1.29 is 13.2 Å². The fraction of sp³-hybridized carbons (Fsp3) is 0.188. The van der Waals surface area contributed by atoms with Gasteiger partial charge in [0, 0.05) is 13.1 Å². The molecule has 0 saturated heterocycles. The molecule has 0 fully saturated rings. The van der Waals surface area contributed by atoms with E-state index in [0.717, 1.165) is 11.6 Å². The van der Waals surface area contributed by atoms with Crippen LogP contribution >= 0.6 is 47.0 Å². The molecule has 0 heterocycles. The molecule has 0 aliphatic heterocycles. The van der Waals surface area contributed by atoms with Gasteiger partial charge >= 0.3 is 6.18 Å². The summed E-state index contributed by atoms with van der Waals surface area (Å²) < 4.78 is 38.5. The molecule has 134 valence electrons. The van der Waals surface area contributed by atoms with Crippen LogP contribution in [0.5, 0.6) is 0 Å². The third-order valence-electron chi connectivity index (χ3n) is 3.23. The summed E-state index contributed by atoms with van der Waals surface area (Å²) in [6.07, 6.45) is -4.50. The summed E-state index contributed by atoms with van der Waals surface area (Å²) in [5.74, 6) is 0. The molecule has 2 rings (SSSR count). The van der Waals surface area contributed by atoms with Gasteiger partial charge in [-0.15, -0.1) is 0 Å². The number of rotatable bonds is 4. The minimum atomic E-state index is -4.50. The zero-order valence-corrected chi connectivity index (χ0v) is 15.6. The average Bonchev–Trinajstić information content (AvgIpc) is 2.54. The number of halogens is 6. The van der Waals surface area contributed by atoms with Gasteiger partial charge in [-0.25, -0.2) is 0 Å². The molecule has 0 spiro atoms. The molecule has 0 aliphatic carbocycles. The number of benzene rings is 2. The third-order valence-corrected chi connectivity index (χ3v) is 4.58. The Morgan fingerprint density at radius 2 is 1.36 bits per heavy atom. The SMILES string of the molecule is FC(F)(F)c1cc(CNC(=S)NCc2ccc(Cl)c(Cl)c2)ccc1Cl. The maximum absolute atomic E-state index is 12.8. The highest BCUT2D eigenvalue weighted by atomic mass is 35.5. The van der Waals surface area contributed by atoms with E-state index in [9.17, 15) is 13.2 Å². The lowest BCUT2D eigenvalue weighted by Crippen LogP contribution is -2.34. The molecule has 2 nitrogen and oxygen atoms in total. The Bertz CT molecular complexity index is 782. The summed E-state index contributed by atoms with van der Waals surface area (Å²) in [4.78, 5) is 0. The quantitative estimate of drug-likeness (QED) is 0.600. The van der Waals surface area contributed by atoms with E-state index in [4.69, 9.17) is 47.0 Å². The largest absolute Gasteiger partial charge is 0.417 e. The molecule has 0 unspecified atom stereocenters. The van der Waals surface area contributed by atoms with E-state index in [1.807, 2.05) is 0 Å². The highest BCUT2D eigenvalue weighted by Gasteiger charge is 2.33. The van der Waals surface area contributed by atoms with Gasteiger partial charge in [-0.2, -0.15) is 13.2 Å². The fourth-order valence-corrected chi connectivity index (χ4v) is 2.67. The highest BCUT2D eigenvalue weighted by molar-refractivity contribution is 7.80. The Morgan fingerprint density at radius 1 is 0.840 bits per heavy atom. The van der Waals surface area contributed by atoms with Crippen molar-refractivity contribution in [1.82, 2.24) is 10.6 Å². The van der Waals surface area contributed by atoms with E-state index >= 15 is 0 Å². The summed E-state index contributed by atoms with van der Waals surface area (Å²) in [5.41, 5.74) is 0.406. The molecule has 0 amide bonds. The zero-order valence-electron chi connectivity index (χ0n) is 12.6. The Hall–Kier alpha value is -1.21. The van der Waals surface area contributed by atoms with Gasteiger partial charge in [-0.05, 0) is 47.6 Å². The first kappa shape index (κ1) is 20.1. The van der Waals surface area contributed by atoms with Crippen LogP contribution < -0.4 is 10.6 Å². The van der Waals surface area contributed by atoms with Crippen molar-refractivity contribution in [3.63, 3.8) is 0 Å². The van der Waals surface area contributed by atoms with Gasteiger partial charge in [-0.3, -0.25) is 0 Å². The number of hydrogen-bond donors (Lipinski definition) is 2. The van der Waals surface area contributed by atoms with Gasteiger partial charge in [0.15, 0.2) is 5.11 Å². The predicted molar refractivity (Wildman–Crippen MR) is 99.2 cm³/mol. The van der Waals surface area contributed by atoms with E-state index < -0.39 is 11.7 Å². The van der Waals surface area contributed by atoms with Crippen molar-refractivity contribution in [2.75, 3.05) is 0 Å². The number of hydrogen-bond acceptors (Lipinski definition) is 1. The first-order valence-electron chi connectivity index (χ1n) is 6.98. The fourth-order valence-electron chi connectivity index (χ4n) is 1.98. The van der Waals surface area contributed by atoms with Crippen LogP contribution in [0, 0.1) is 0 Å². The Kier molecular flexibility index (Phi) is 6.79. The summed E-state index contributed by atoms with van der Waals surface area (Å²) in [6, 6.07) is 8.88. The van der Waals surface area contributed by atoms with Crippen molar-refractivity contribution >= 4 is 52.1 Å². The predicted octanol–water partition coefficient (Wildman–Crippen LogP) is 5.83. The van der Waals surface area contributed by atoms with Crippen LogP contribution in [0.15, 0.2) is 36.4 Å². The minimum absolute atomic E-state index is 0.132. The molecule has 2 aromatic carbocycles. The average molecular weight is 428 g/mol. The number of thiocarbonyl (C=S) groups is 1. The van der Waals surface area contributed by atoms with E-state index in [1.165, 1.54) is 12.1 Å². The van der Waals surface area contributed by atoms with Crippen LogP contribution in [0.25, 0.3) is 0 Å². The molecule has 0 atom stereocenters. The lowest BCUT2D eigenvalue weighted by molar-refractivity contribution is -0.137. The van der Waals surface area contributed by atoms with E-state index in [1.54, 1.807) is 18.2 Å². The van der Waals surface area contributed by atoms with Crippen LogP contribution in [-0.4, -0.2) is 5.11 Å². The van der Waals surface area contributed by atoms with Crippen molar-refractivity contribution in [2.45, 2.75) is 19.3 Å². The molecule has 25 heavy (non-hydrogen) atoms. The highest BCUT2D eigenvalue weighted by Crippen LogP contribution is 2.35. The summed E-state index contributed by atoms with van der Waals surface area (Å²) in [7, 11) is 0. The van der Waals surface area contributed by atoms with E-state index in [0.29, 0.717) is 27.3 Å². The van der Waals surface area contributed by atoms with E-state index in [-0.39, 0.29) is 11.6 Å². The summed E-state index contributed by atoms with van der Waals surface area (Å²) in [6.45, 7) is 0.532. The van der Waals surface area contributed by atoms with Crippen molar-refractivity contribution in [3.05, 3.63) is 68.2 Å². The second kappa shape index (κ2) is 8.45. The zero-order chi connectivity index (χ0) is 18.6. The third kappa shape index (κ3) is 5.92. The summed E-state index contributed by atoms with van der Waals surface area (Å²) in [5, 5.41) is 6.63. The molecule has 2 aromatic rings. The van der Waals surface area contributed by atoms with Crippen molar-refractivity contribution in [3.8, 4) is 0 Å². The number of alkyl halides is 3. The van der Waals surface area contributed by atoms with Gasteiger partial charge in [0.1, 0.15) is 0 Å².